The topological polar surface area (TPSA) is 70.0 Å². The molecule has 120 valence electrons. The van der Waals surface area contributed by atoms with Crippen LogP contribution in [0.4, 0.5) is 0 Å². The number of hydrogen-bond acceptors (Lipinski definition) is 5. The van der Waals surface area contributed by atoms with E-state index in [2.05, 4.69) is 4.90 Å². The van der Waals surface area contributed by atoms with E-state index >= 15 is 0 Å². The van der Waals surface area contributed by atoms with Gasteiger partial charge in [-0.3, -0.25) is 9.69 Å². The summed E-state index contributed by atoms with van der Waals surface area (Å²) in [5.74, 6) is -0.0779. The molecule has 1 aromatic carbocycles. The number of ether oxygens (including phenoxy) is 1. The van der Waals surface area contributed by atoms with Gasteiger partial charge in [0.1, 0.15) is 0 Å². The predicted octanol–water partition coefficient (Wildman–Crippen LogP) is 1.85. The highest BCUT2D eigenvalue weighted by molar-refractivity contribution is 6.05. The van der Waals surface area contributed by atoms with Gasteiger partial charge in [-0.1, -0.05) is 6.07 Å². The lowest BCUT2D eigenvalue weighted by atomic mass is 9.58. The number of allylic oxidation sites excluding steroid dienone is 2. The van der Waals surface area contributed by atoms with Gasteiger partial charge >= 0.3 is 0 Å². The Labute approximate surface area is 134 Å². The van der Waals surface area contributed by atoms with Crippen LogP contribution in [0.2, 0.25) is 0 Å². The summed E-state index contributed by atoms with van der Waals surface area (Å²) in [6, 6.07) is 3.85. The number of hydrogen-bond donors (Lipinski definition) is 2. The number of aromatic hydroxyl groups is 1. The highest BCUT2D eigenvalue weighted by atomic mass is 16.5. The van der Waals surface area contributed by atoms with Crippen molar-refractivity contribution in [1.82, 2.24) is 4.90 Å². The number of phenolic OH excluding ortho intramolecular Hbond substituents is 1. The average Bonchev–Trinajstić information content (AvgIpc) is 2.52. The van der Waals surface area contributed by atoms with Crippen LogP contribution in [0, 0.1) is 0 Å². The molecule has 0 aromatic heterocycles. The minimum absolute atomic E-state index is 0.109. The smallest absolute Gasteiger partial charge is 0.219 e. The van der Waals surface area contributed by atoms with Crippen molar-refractivity contribution in [2.75, 3.05) is 20.7 Å². The van der Waals surface area contributed by atoms with Crippen molar-refractivity contribution in [1.29, 1.82) is 0 Å². The van der Waals surface area contributed by atoms with Crippen LogP contribution in [0.25, 0.3) is 0 Å². The zero-order valence-electron chi connectivity index (χ0n) is 13.2. The molecule has 23 heavy (non-hydrogen) atoms. The van der Waals surface area contributed by atoms with Gasteiger partial charge in [-0.2, -0.15) is 0 Å². The quantitative estimate of drug-likeness (QED) is 0.828. The van der Waals surface area contributed by atoms with Crippen LogP contribution in [-0.2, 0) is 16.6 Å². The van der Waals surface area contributed by atoms with Gasteiger partial charge in [0, 0.05) is 17.0 Å². The fourth-order valence-electron chi connectivity index (χ4n) is 4.35. The number of methoxy groups -OCH3 is 1. The van der Waals surface area contributed by atoms with E-state index in [0.29, 0.717) is 12.2 Å². The van der Waals surface area contributed by atoms with Crippen molar-refractivity contribution in [2.24, 2.45) is 0 Å². The molecule has 0 spiro atoms. The van der Waals surface area contributed by atoms with Gasteiger partial charge in [-0.15, -0.1) is 0 Å². The van der Waals surface area contributed by atoms with Crippen LogP contribution in [0.1, 0.15) is 17.5 Å². The predicted molar refractivity (Wildman–Crippen MR) is 84.9 cm³/mol. The number of aliphatic hydroxyl groups excluding tert-OH is 1. The second-order valence-electron chi connectivity index (χ2n) is 6.57. The van der Waals surface area contributed by atoms with Crippen LogP contribution < -0.4 is 4.74 Å². The third-order valence-corrected chi connectivity index (χ3v) is 5.49. The minimum atomic E-state index is -0.624. The fraction of sp³-hybridized carbons (Fsp3) is 0.389. The Morgan fingerprint density at radius 3 is 2.87 bits per heavy atom. The van der Waals surface area contributed by atoms with Crippen molar-refractivity contribution in [3.05, 3.63) is 46.7 Å². The van der Waals surface area contributed by atoms with Crippen LogP contribution in [0.15, 0.2) is 35.6 Å². The van der Waals surface area contributed by atoms with Crippen molar-refractivity contribution in [3.8, 4) is 11.5 Å². The highest BCUT2D eigenvalue weighted by Crippen LogP contribution is 2.55. The van der Waals surface area contributed by atoms with Crippen LogP contribution >= 0.6 is 0 Å². The van der Waals surface area contributed by atoms with Gasteiger partial charge in [0.2, 0.25) is 5.78 Å². The van der Waals surface area contributed by atoms with E-state index in [4.69, 9.17) is 4.74 Å². The number of phenols is 1. The number of fused-ring (bicyclic) bond motifs is 1. The number of nitrogens with zero attached hydrogens (tertiary/aromatic N) is 1. The van der Waals surface area contributed by atoms with Crippen molar-refractivity contribution < 1.29 is 19.7 Å². The number of carbonyl (C=O) groups excluding carboxylic acids is 1. The SMILES string of the molecule is COc1ccc2c(c1O)C13C=C(O)C(=O)C=C1C(C2)N(C)CC3. The summed E-state index contributed by atoms with van der Waals surface area (Å²) in [5.41, 5.74) is 2.15. The van der Waals surface area contributed by atoms with Crippen LogP contribution in [0.3, 0.4) is 0 Å². The molecule has 3 aliphatic rings. The molecule has 2 N–H and O–H groups in total. The van der Waals surface area contributed by atoms with Crippen molar-refractivity contribution in [2.45, 2.75) is 24.3 Å². The molecule has 5 nitrogen and oxygen atoms in total. The molecule has 0 saturated carbocycles. The number of likely N-dealkylation sites (tertiary alicyclic amines) is 1. The van der Waals surface area contributed by atoms with Crippen molar-refractivity contribution in [3.63, 3.8) is 0 Å². The maximum absolute atomic E-state index is 12.0. The lowest BCUT2D eigenvalue weighted by Gasteiger charge is -2.52. The molecular weight excluding hydrogens is 294 g/mol. The number of rotatable bonds is 1. The van der Waals surface area contributed by atoms with Gasteiger partial charge in [0.15, 0.2) is 17.3 Å². The first-order valence-corrected chi connectivity index (χ1v) is 7.75. The van der Waals surface area contributed by atoms with Crippen molar-refractivity contribution >= 4 is 5.78 Å². The first-order chi connectivity index (χ1) is 11.0. The first-order valence-electron chi connectivity index (χ1n) is 7.75. The zero-order valence-corrected chi connectivity index (χ0v) is 13.2. The fourth-order valence-corrected chi connectivity index (χ4v) is 4.35. The molecule has 4 rings (SSSR count). The Morgan fingerprint density at radius 1 is 1.35 bits per heavy atom. The van der Waals surface area contributed by atoms with Gasteiger partial charge in [-0.25, -0.2) is 0 Å². The molecule has 1 aliphatic heterocycles. The lowest BCUT2D eigenvalue weighted by Crippen LogP contribution is -2.54. The Bertz CT molecular complexity index is 779. The number of carbonyl (C=O) groups is 1. The molecule has 2 bridgehead atoms. The molecule has 2 aliphatic carbocycles. The van der Waals surface area contributed by atoms with Gasteiger partial charge in [0.25, 0.3) is 0 Å². The van der Waals surface area contributed by atoms with E-state index in [1.165, 1.54) is 7.11 Å². The summed E-state index contributed by atoms with van der Waals surface area (Å²) >= 11 is 0. The van der Waals surface area contributed by atoms with Gasteiger partial charge < -0.3 is 14.9 Å². The first kappa shape index (κ1) is 14.3. The molecule has 0 amide bonds. The van der Waals surface area contributed by atoms with Crippen LogP contribution in [-0.4, -0.2) is 47.6 Å². The number of likely N-dealkylation sites (N-methyl/N-ethyl adjacent to an activating group) is 1. The molecule has 1 saturated heterocycles. The monoisotopic (exact) mass is 313 g/mol. The number of benzene rings is 1. The summed E-state index contributed by atoms with van der Waals surface area (Å²) in [6.45, 7) is 0.829. The molecule has 1 fully saturated rings. The summed E-state index contributed by atoms with van der Waals surface area (Å²) in [7, 11) is 3.57. The number of piperidine rings is 1. The number of ketones is 1. The Morgan fingerprint density at radius 2 is 2.13 bits per heavy atom. The van der Waals surface area contributed by atoms with E-state index in [1.807, 2.05) is 13.1 Å². The maximum atomic E-state index is 12.0. The molecule has 5 heteroatoms. The van der Waals surface area contributed by atoms with Crippen LogP contribution in [0.5, 0.6) is 11.5 Å². The largest absolute Gasteiger partial charge is 0.504 e. The molecule has 1 heterocycles. The van der Waals surface area contributed by atoms with E-state index in [0.717, 1.165) is 29.7 Å². The molecule has 1 aromatic rings. The van der Waals surface area contributed by atoms with E-state index in [9.17, 15) is 15.0 Å². The third-order valence-electron chi connectivity index (χ3n) is 5.49. The highest BCUT2D eigenvalue weighted by Gasteiger charge is 2.51. The summed E-state index contributed by atoms with van der Waals surface area (Å²) in [4.78, 5) is 14.2. The normalized spacial score (nSPS) is 29.3. The van der Waals surface area contributed by atoms with E-state index in [1.54, 1.807) is 18.2 Å². The lowest BCUT2D eigenvalue weighted by molar-refractivity contribution is -0.114. The Hall–Kier alpha value is -2.27. The summed E-state index contributed by atoms with van der Waals surface area (Å²) < 4.78 is 5.26. The third kappa shape index (κ3) is 1.74. The standard InChI is InChI=1S/C18H19NO4/c1-19-6-5-18-9-14(21)13(20)8-11(18)12(19)7-10-3-4-15(23-2)17(22)16(10)18/h3-4,8-9,12,21-22H,5-7H2,1-2H3. The Balaban J connectivity index is 2.04. The maximum Gasteiger partial charge on any atom is 0.219 e. The van der Waals surface area contributed by atoms with Gasteiger partial charge in [-0.05, 0) is 55.8 Å². The average molecular weight is 313 g/mol. The minimum Gasteiger partial charge on any atom is -0.504 e. The molecule has 0 radical (unpaired) electrons. The second kappa shape index (κ2) is 4.61. The molecule has 2 unspecified atom stereocenters. The van der Waals surface area contributed by atoms with E-state index in [-0.39, 0.29) is 23.3 Å². The number of aliphatic hydroxyl groups is 1. The second-order valence-corrected chi connectivity index (χ2v) is 6.57. The zero-order chi connectivity index (χ0) is 16.4. The molecule has 2 atom stereocenters. The summed E-state index contributed by atoms with van der Waals surface area (Å²) in [6.07, 6.45) is 4.62. The van der Waals surface area contributed by atoms with Gasteiger partial charge in [0.05, 0.1) is 7.11 Å². The Kier molecular flexibility index (Phi) is 2.87. The molecular formula is C18H19NO4. The summed E-state index contributed by atoms with van der Waals surface area (Å²) in [5, 5.41) is 20.8. The van der Waals surface area contributed by atoms with E-state index < -0.39 is 5.41 Å².